The Morgan fingerprint density at radius 1 is 0.929 bits per heavy atom. The van der Waals surface area contributed by atoms with Crippen LogP contribution in [0.1, 0.15) is 58.8 Å². The molecule has 0 saturated heterocycles. The number of hydrogen-bond donors (Lipinski definition) is 2. The fourth-order valence-electron chi connectivity index (χ4n) is 1.77. The van der Waals surface area contributed by atoms with Crippen LogP contribution in [0.2, 0.25) is 0 Å². The first-order valence-corrected chi connectivity index (χ1v) is 6.05. The highest BCUT2D eigenvalue weighted by atomic mass is 16.3. The summed E-state index contributed by atoms with van der Waals surface area (Å²) in [5, 5.41) is 18.8. The molecule has 0 aliphatic heterocycles. The molecular weight excluding hydrogens is 176 g/mol. The smallest absolute Gasteiger partial charge is 0.0590 e. The number of aliphatic hydroxyl groups is 2. The van der Waals surface area contributed by atoms with Crippen LogP contribution in [0.25, 0.3) is 0 Å². The SMILES string of the molecule is CCCCCCC(CO)C(O)CCC. The molecule has 0 radical (unpaired) electrons. The molecule has 2 N–H and O–H groups in total. The Morgan fingerprint density at radius 2 is 1.64 bits per heavy atom. The predicted octanol–water partition coefficient (Wildman–Crippen LogP) is 2.73. The van der Waals surface area contributed by atoms with Gasteiger partial charge in [0, 0.05) is 12.5 Å². The van der Waals surface area contributed by atoms with E-state index in [1.807, 2.05) is 0 Å². The van der Waals surface area contributed by atoms with E-state index in [0.717, 1.165) is 25.7 Å². The van der Waals surface area contributed by atoms with Crippen LogP contribution >= 0.6 is 0 Å². The Hall–Kier alpha value is -0.0800. The second-order valence-corrected chi connectivity index (χ2v) is 4.15. The second kappa shape index (κ2) is 9.47. The van der Waals surface area contributed by atoms with Gasteiger partial charge in [0.1, 0.15) is 0 Å². The van der Waals surface area contributed by atoms with Gasteiger partial charge in [-0.05, 0) is 12.8 Å². The van der Waals surface area contributed by atoms with Crippen LogP contribution in [0, 0.1) is 5.92 Å². The summed E-state index contributed by atoms with van der Waals surface area (Å²) in [5.74, 6) is 0.104. The van der Waals surface area contributed by atoms with E-state index in [-0.39, 0.29) is 18.6 Å². The van der Waals surface area contributed by atoms with E-state index in [0.29, 0.717) is 0 Å². The van der Waals surface area contributed by atoms with Gasteiger partial charge >= 0.3 is 0 Å². The van der Waals surface area contributed by atoms with E-state index in [1.54, 1.807) is 0 Å². The Kier molecular flexibility index (Phi) is 9.42. The minimum Gasteiger partial charge on any atom is -0.396 e. The van der Waals surface area contributed by atoms with Gasteiger partial charge < -0.3 is 10.2 Å². The van der Waals surface area contributed by atoms with Crippen LogP contribution in [0.5, 0.6) is 0 Å². The van der Waals surface area contributed by atoms with Gasteiger partial charge in [-0.3, -0.25) is 0 Å². The normalized spacial score (nSPS) is 15.4. The summed E-state index contributed by atoms with van der Waals surface area (Å²) in [7, 11) is 0. The molecule has 0 bridgehead atoms. The van der Waals surface area contributed by atoms with Gasteiger partial charge in [-0.15, -0.1) is 0 Å². The van der Waals surface area contributed by atoms with Crippen LogP contribution in [0.3, 0.4) is 0 Å². The molecule has 2 heteroatoms. The third kappa shape index (κ3) is 6.39. The molecule has 0 heterocycles. The predicted molar refractivity (Wildman–Crippen MR) is 60.2 cm³/mol. The minimum atomic E-state index is -0.299. The molecular formula is C12H26O2. The van der Waals surface area contributed by atoms with E-state index < -0.39 is 0 Å². The van der Waals surface area contributed by atoms with Gasteiger partial charge in [0.15, 0.2) is 0 Å². The zero-order chi connectivity index (χ0) is 10.8. The molecule has 0 spiro atoms. The third-order valence-electron chi connectivity index (χ3n) is 2.79. The zero-order valence-corrected chi connectivity index (χ0v) is 9.71. The van der Waals surface area contributed by atoms with Crippen molar-refractivity contribution in [3.63, 3.8) is 0 Å². The van der Waals surface area contributed by atoms with Gasteiger partial charge in [-0.2, -0.15) is 0 Å². The summed E-state index contributed by atoms with van der Waals surface area (Å²) in [4.78, 5) is 0. The van der Waals surface area contributed by atoms with Crippen molar-refractivity contribution in [3.05, 3.63) is 0 Å². The zero-order valence-electron chi connectivity index (χ0n) is 9.71. The lowest BCUT2D eigenvalue weighted by molar-refractivity contribution is 0.0543. The lowest BCUT2D eigenvalue weighted by Gasteiger charge is -2.20. The van der Waals surface area contributed by atoms with Crippen LogP contribution in [-0.4, -0.2) is 22.9 Å². The molecule has 2 unspecified atom stereocenters. The molecule has 0 saturated carbocycles. The summed E-state index contributed by atoms with van der Waals surface area (Å²) < 4.78 is 0. The number of hydrogen-bond acceptors (Lipinski definition) is 2. The second-order valence-electron chi connectivity index (χ2n) is 4.15. The molecule has 0 amide bonds. The lowest BCUT2D eigenvalue weighted by Crippen LogP contribution is -2.23. The van der Waals surface area contributed by atoms with Crippen molar-refractivity contribution >= 4 is 0 Å². The maximum atomic E-state index is 9.71. The molecule has 0 rings (SSSR count). The van der Waals surface area contributed by atoms with Crippen LogP contribution < -0.4 is 0 Å². The van der Waals surface area contributed by atoms with Crippen molar-refractivity contribution in [2.45, 2.75) is 64.9 Å². The highest BCUT2D eigenvalue weighted by molar-refractivity contribution is 4.67. The molecule has 86 valence electrons. The van der Waals surface area contributed by atoms with Crippen LogP contribution in [0.15, 0.2) is 0 Å². The molecule has 0 aromatic heterocycles. The Labute approximate surface area is 88.3 Å². The number of aliphatic hydroxyl groups excluding tert-OH is 2. The molecule has 0 aromatic rings. The highest BCUT2D eigenvalue weighted by Gasteiger charge is 2.16. The molecule has 0 aliphatic rings. The maximum Gasteiger partial charge on any atom is 0.0590 e. The summed E-state index contributed by atoms with van der Waals surface area (Å²) >= 11 is 0. The summed E-state index contributed by atoms with van der Waals surface area (Å²) in [6, 6.07) is 0. The van der Waals surface area contributed by atoms with E-state index in [1.165, 1.54) is 19.3 Å². The first kappa shape index (κ1) is 13.9. The van der Waals surface area contributed by atoms with Gasteiger partial charge in [-0.25, -0.2) is 0 Å². The Bertz CT molecular complexity index is 115. The van der Waals surface area contributed by atoms with Gasteiger partial charge in [0.2, 0.25) is 0 Å². The van der Waals surface area contributed by atoms with Crippen molar-refractivity contribution in [1.29, 1.82) is 0 Å². The third-order valence-corrected chi connectivity index (χ3v) is 2.79. The van der Waals surface area contributed by atoms with Crippen molar-refractivity contribution in [1.82, 2.24) is 0 Å². The standard InChI is InChI=1S/C12H26O2/c1-3-5-6-7-9-11(10-13)12(14)8-4-2/h11-14H,3-10H2,1-2H3. The Morgan fingerprint density at radius 3 is 2.14 bits per heavy atom. The number of unbranched alkanes of at least 4 members (excludes halogenated alkanes) is 3. The monoisotopic (exact) mass is 202 g/mol. The molecule has 0 fully saturated rings. The van der Waals surface area contributed by atoms with Crippen LogP contribution in [0.4, 0.5) is 0 Å². The van der Waals surface area contributed by atoms with Gasteiger partial charge in [0.25, 0.3) is 0 Å². The molecule has 2 nitrogen and oxygen atoms in total. The topological polar surface area (TPSA) is 40.5 Å². The molecule has 0 aromatic carbocycles. The number of rotatable bonds is 9. The van der Waals surface area contributed by atoms with E-state index in [9.17, 15) is 5.11 Å². The largest absolute Gasteiger partial charge is 0.396 e. The minimum absolute atomic E-state index is 0.104. The van der Waals surface area contributed by atoms with Crippen LogP contribution in [-0.2, 0) is 0 Å². The van der Waals surface area contributed by atoms with Crippen molar-refractivity contribution in [2.24, 2.45) is 5.92 Å². The lowest BCUT2D eigenvalue weighted by atomic mass is 9.93. The highest BCUT2D eigenvalue weighted by Crippen LogP contribution is 2.17. The summed E-state index contributed by atoms with van der Waals surface area (Å²) in [6.45, 7) is 4.39. The quantitative estimate of drug-likeness (QED) is 0.564. The Balaban J connectivity index is 3.56. The van der Waals surface area contributed by atoms with Crippen molar-refractivity contribution < 1.29 is 10.2 Å². The first-order valence-electron chi connectivity index (χ1n) is 6.05. The maximum absolute atomic E-state index is 9.71. The average Bonchev–Trinajstić information content (AvgIpc) is 2.18. The van der Waals surface area contributed by atoms with Gasteiger partial charge in [-0.1, -0.05) is 46.0 Å². The van der Waals surface area contributed by atoms with Crippen molar-refractivity contribution in [2.75, 3.05) is 6.61 Å². The van der Waals surface area contributed by atoms with E-state index in [2.05, 4.69) is 13.8 Å². The van der Waals surface area contributed by atoms with E-state index in [4.69, 9.17) is 5.11 Å². The van der Waals surface area contributed by atoms with E-state index >= 15 is 0 Å². The fourth-order valence-corrected chi connectivity index (χ4v) is 1.77. The average molecular weight is 202 g/mol. The van der Waals surface area contributed by atoms with Crippen molar-refractivity contribution in [3.8, 4) is 0 Å². The molecule has 0 aliphatic carbocycles. The fraction of sp³-hybridized carbons (Fsp3) is 1.00. The summed E-state index contributed by atoms with van der Waals surface area (Å²) in [5.41, 5.74) is 0. The molecule has 2 atom stereocenters. The van der Waals surface area contributed by atoms with Gasteiger partial charge in [0.05, 0.1) is 6.10 Å². The summed E-state index contributed by atoms with van der Waals surface area (Å²) in [6.07, 6.45) is 7.35. The first-order chi connectivity index (χ1) is 6.76. The molecule has 14 heavy (non-hydrogen) atoms.